The number of rotatable bonds is 8. The normalized spacial score (nSPS) is 18.4. The van der Waals surface area contributed by atoms with E-state index in [-0.39, 0.29) is 24.9 Å². The largest absolute Gasteiger partial charge is 0.465 e. The van der Waals surface area contributed by atoms with Gasteiger partial charge in [-0.15, -0.1) is 11.3 Å². The van der Waals surface area contributed by atoms with E-state index in [9.17, 15) is 14.4 Å². The number of likely N-dealkylation sites (tertiary alicyclic amines) is 1. The van der Waals surface area contributed by atoms with Crippen molar-refractivity contribution in [1.29, 1.82) is 0 Å². The van der Waals surface area contributed by atoms with Gasteiger partial charge in [0.15, 0.2) is 13.1 Å². The van der Waals surface area contributed by atoms with Gasteiger partial charge in [-0.3, -0.25) is 9.59 Å². The minimum absolute atomic E-state index is 0.0798. The summed E-state index contributed by atoms with van der Waals surface area (Å²) in [6.07, 6.45) is 3.04. The number of nitrogens with one attached hydrogen (secondary N) is 2. The molecule has 2 saturated heterocycles. The number of hydrogen-bond acceptors (Lipinski definition) is 6. The molecule has 2 aliphatic rings. The van der Waals surface area contributed by atoms with Gasteiger partial charge in [-0.1, -0.05) is 30.3 Å². The van der Waals surface area contributed by atoms with Crippen LogP contribution in [0.15, 0.2) is 35.7 Å². The molecule has 2 aliphatic heterocycles. The third-order valence-corrected chi connectivity index (χ3v) is 7.81. The SMILES string of the molecule is COC(=O)c1scc(C)c1NC(=O)C[N+]1(CC(=O)NC2(c3ccccc3)COC2)CCCCC1. The van der Waals surface area contributed by atoms with Gasteiger partial charge < -0.3 is 24.6 Å². The third kappa shape index (κ3) is 5.16. The molecule has 0 unspecified atom stereocenters. The Kier molecular flexibility index (Phi) is 7.35. The van der Waals surface area contributed by atoms with Crippen molar-refractivity contribution in [3.05, 3.63) is 51.7 Å². The first-order valence-corrected chi connectivity index (χ1v) is 12.5. The number of thiophene rings is 1. The molecule has 0 saturated carbocycles. The van der Waals surface area contributed by atoms with Crippen molar-refractivity contribution in [2.75, 3.05) is 51.8 Å². The number of quaternary nitrogens is 1. The van der Waals surface area contributed by atoms with Crippen molar-refractivity contribution in [3.8, 4) is 0 Å². The predicted molar refractivity (Wildman–Crippen MR) is 130 cm³/mol. The summed E-state index contributed by atoms with van der Waals surface area (Å²) in [5, 5.41) is 7.95. The molecule has 0 bridgehead atoms. The first-order valence-electron chi connectivity index (χ1n) is 11.6. The fourth-order valence-electron chi connectivity index (χ4n) is 4.87. The number of carbonyl (C=O) groups excluding carboxylic acids is 3. The predicted octanol–water partition coefficient (Wildman–Crippen LogP) is 2.82. The fraction of sp³-hybridized carbons (Fsp3) is 0.480. The molecule has 2 amide bonds. The van der Waals surface area contributed by atoms with Gasteiger partial charge in [0.2, 0.25) is 0 Å². The van der Waals surface area contributed by atoms with Gasteiger partial charge in [-0.2, -0.15) is 0 Å². The minimum atomic E-state index is -0.510. The second kappa shape index (κ2) is 10.2. The number of aryl methyl sites for hydroxylation is 1. The number of nitrogens with zero attached hydrogens (tertiary/aromatic N) is 1. The first kappa shape index (κ1) is 24.4. The Labute approximate surface area is 203 Å². The molecule has 1 aromatic heterocycles. The maximum Gasteiger partial charge on any atom is 0.350 e. The zero-order chi connectivity index (χ0) is 24.2. The van der Waals surface area contributed by atoms with Gasteiger partial charge in [-0.25, -0.2) is 4.79 Å². The van der Waals surface area contributed by atoms with Gasteiger partial charge >= 0.3 is 5.97 Å². The highest BCUT2D eigenvalue weighted by Crippen LogP contribution is 2.31. The lowest BCUT2D eigenvalue weighted by Gasteiger charge is -2.44. The molecule has 2 N–H and O–H groups in total. The molecule has 9 heteroatoms. The Morgan fingerprint density at radius 2 is 1.74 bits per heavy atom. The summed E-state index contributed by atoms with van der Waals surface area (Å²) in [7, 11) is 1.32. The summed E-state index contributed by atoms with van der Waals surface area (Å²) in [6.45, 7) is 4.67. The molecule has 0 aliphatic carbocycles. The summed E-state index contributed by atoms with van der Waals surface area (Å²) in [5.74, 6) is -0.751. The van der Waals surface area contributed by atoms with Gasteiger partial charge in [0.05, 0.1) is 39.1 Å². The van der Waals surface area contributed by atoms with Crippen LogP contribution in [0.4, 0.5) is 5.69 Å². The molecule has 8 nitrogen and oxygen atoms in total. The topological polar surface area (TPSA) is 93.7 Å². The Morgan fingerprint density at radius 3 is 2.35 bits per heavy atom. The summed E-state index contributed by atoms with van der Waals surface area (Å²) in [5.41, 5.74) is 1.83. The average molecular weight is 487 g/mol. The van der Waals surface area contributed by atoms with Gasteiger partial charge in [0.1, 0.15) is 10.4 Å². The van der Waals surface area contributed by atoms with E-state index in [1.54, 1.807) is 0 Å². The Bertz CT molecular complexity index is 1040. The smallest absolute Gasteiger partial charge is 0.350 e. The van der Waals surface area contributed by atoms with Crippen LogP contribution in [0.5, 0.6) is 0 Å². The molecule has 1 aromatic carbocycles. The number of benzene rings is 1. The Morgan fingerprint density at radius 1 is 1.06 bits per heavy atom. The van der Waals surface area contributed by atoms with Crippen LogP contribution in [0, 0.1) is 6.92 Å². The summed E-state index contributed by atoms with van der Waals surface area (Å²) >= 11 is 1.25. The van der Waals surface area contributed by atoms with Crippen LogP contribution in [-0.2, 0) is 24.6 Å². The van der Waals surface area contributed by atoms with E-state index in [0.717, 1.165) is 43.5 Å². The van der Waals surface area contributed by atoms with E-state index in [1.165, 1.54) is 18.4 Å². The van der Waals surface area contributed by atoms with Crippen LogP contribution >= 0.6 is 11.3 Å². The van der Waals surface area contributed by atoms with E-state index in [0.29, 0.717) is 28.3 Å². The van der Waals surface area contributed by atoms with Crippen molar-refractivity contribution >= 4 is 34.8 Å². The van der Waals surface area contributed by atoms with Gasteiger partial charge in [-0.05, 0) is 42.7 Å². The summed E-state index contributed by atoms with van der Waals surface area (Å²) in [6, 6.07) is 9.87. The molecular weight excluding hydrogens is 454 g/mol. The number of carbonyl (C=O) groups is 3. The first-order chi connectivity index (χ1) is 16.4. The van der Waals surface area contributed by atoms with Crippen LogP contribution in [-0.4, -0.2) is 68.8 Å². The molecule has 2 aromatic rings. The van der Waals surface area contributed by atoms with Crippen LogP contribution < -0.4 is 10.6 Å². The highest BCUT2D eigenvalue weighted by molar-refractivity contribution is 7.12. The quantitative estimate of drug-likeness (QED) is 0.442. The van der Waals surface area contributed by atoms with Crippen LogP contribution in [0.2, 0.25) is 0 Å². The molecular formula is C25H32N3O5S+. The zero-order valence-electron chi connectivity index (χ0n) is 19.7. The number of ether oxygens (including phenoxy) is 2. The molecule has 4 rings (SSSR count). The van der Waals surface area contributed by atoms with Crippen molar-refractivity contribution in [2.24, 2.45) is 0 Å². The molecule has 0 radical (unpaired) electrons. The van der Waals surface area contributed by atoms with E-state index in [1.807, 2.05) is 42.6 Å². The van der Waals surface area contributed by atoms with Crippen LogP contribution in [0.3, 0.4) is 0 Å². The molecule has 34 heavy (non-hydrogen) atoms. The number of methoxy groups -OCH3 is 1. The lowest BCUT2D eigenvalue weighted by atomic mass is 9.88. The van der Waals surface area contributed by atoms with E-state index >= 15 is 0 Å². The van der Waals surface area contributed by atoms with Crippen LogP contribution in [0.1, 0.15) is 40.1 Å². The van der Waals surface area contributed by atoms with E-state index in [4.69, 9.17) is 9.47 Å². The average Bonchev–Trinajstić information content (AvgIpc) is 3.16. The molecule has 0 spiro atoms. The second-order valence-electron chi connectivity index (χ2n) is 9.32. The van der Waals surface area contributed by atoms with Gasteiger partial charge in [0.25, 0.3) is 11.8 Å². The summed E-state index contributed by atoms with van der Waals surface area (Å²) < 4.78 is 10.7. The minimum Gasteiger partial charge on any atom is -0.465 e. The Hall–Kier alpha value is -2.75. The highest BCUT2D eigenvalue weighted by atomic mass is 32.1. The highest BCUT2D eigenvalue weighted by Gasteiger charge is 2.44. The van der Waals surface area contributed by atoms with Crippen molar-refractivity contribution in [1.82, 2.24) is 5.32 Å². The standard InChI is InChI=1S/C25H31N3O5S/c1-18-15-34-23(24(31)32-2)22(18)26-20(29)13-28(11-7-4-8-12-28)14-21(30)27-25(16-33-17-25)19-9-5-3-6-10-19/h3,5-6,9-10,15H,4,7-8,11-14,16-17H2,1-2H3,(H-,26,27,29,30,31)/p+1. The maximum atomic E-state index is 13.3. The fourth-order valence-corrected chi connectivity index (χ4v) is 5.79. The zero-order valence-corrected chi connectivity index (χ0v) is 20.5. The molecule has 2 fully saturated rings. The summed E-state index contributed by atoms with van der Waals surface area (Å²) in [4.78, 5) is 38.9. The second-order valence-corrected chi connectivity index (χ2v) is 10.2. The monoisotopic (exact) mass is 486 g/mol. The number of esters is 1. The lowest BCUT2D eigenvalue weighted by molar-refractivity contribution is -0.917. The number of piperidine rings is 1. The number of amides is 2. The molecule has 0 atom stereocenters. The third-order valence-electron chi connectivity index (χ3n) is 6.74. The lowest BCUT2D eigenvalue weighted by Crippen LogP contribution is -2.64. The maximum absolute atomic E-state index is 13.3. The van der Waals surface area contributed by atoms with E-state index in [2.05, 4.69) is 10.6 Å². The van der Waals surface area contributed by atoms with Crippen molar-refractivity contribution in [2.45, 2.75) is 31.7 Å². The van der Waals surface area contributed by atoms with Crippen LogP contribution in [0.25, 0.3) is 0 Å². The van der Waals surface area contributed by atoms with Crippen molar-refractivity contribution in [3.63, 3.8) is 0 Å². The Balaban J connectivity index is 1.46. The number of hydrogen-bond donors (Lipinski definition) is 2. The molecule has 182 valence electrons. The van der Waals surface area contributed by atoms with Gasteiger partial charge in [0, 0.05) is 0 Å². The van der Waals surface area contributed by atoms with E-state index < -0.39 is 11.5 Å². The number of anilines is 1. The molecule has 3 heterocycles. The van der Waals surface area contributed by atoms with Crippen molar-refractivity contribution < 1.29 is 28.3 Å².